The van der Waals surface area contributed by atoms with Crippen LogP contribution in [0.5, 0.6) is 5.75 Å². The molecule has 0 aliphatic carbocycles. The molecule has 90 valence electrons. The Hall–Kier alpha value is -1.54. The Morgan fingerprint density at radius 2 is 1.88 bits per heavy atom. The van der Waals surface area contributed by atoms with Gasteiger partial charge in [-0.3, -0.25) is 0 Å². The molecule has 2 aromatic carbocycles. The minimum atomic E-state index is 0.237. The number of hydrogen-bond donors (Lipinski definition) is 1. The minimum absolute atomic E-state index is 0.237. The lowest BCUT2D eigenvalue weighted by Gasteiger charge is -2.17. The number of hydrogen-bond acceptors (Lipinski definition) is 2. The molecule has 0 spiro atoms. The third kappa shape index (κ3) is 2.98. The molecule has 0 fully saturated rings. The van der Waals surface area contributed by atoms with E-state index in [1.165, 1.54) is 10.8 Å². The summed E-state index contributed by atoms with van der Waals surface area (Å²) in [5.74, 6) is 0.950. The first kappa shape index (κ1) is 11.9. The van der Waals surface area contributed by atoms with Gasteiger partial charge in [0.2, 0.25) is 0 Å². The van der Waals surface area contributed by atoms with Crippen molar-refractivity contribution in [2.75, 3.05) is 13.6 Å². The molecule has 0 saturated heterocycles. The Morgan fingerprint density at radius 1 is 1.12 bits per heavy atom. The first-order chi connectivity index (χ1) is 8.33. The van der Waals surface area contributed by atoms with E-state index in [9.17, 15) is 0 Å². The summed E-state index contributed by atoms with van der Waals surface area (Å²) < 4.78 is 5.95. The van der Waals surface area contributed by atoms with E-state index >= 15 is 0 Å². The summed E-state index contributed by atoms with van der Waals surface area (Å²) in [6.45, 7) is 3.02. The molecule has 0 saturated carbocycles. The van der Waals surface area contributed by atoms with Crippen LogP contribution in [0.15, 0.2) is 42.5 Å². The summed E-state index contributed by atoms with van der Waals surface area (Å²) in [7, 11) is 1.95. The predicted molar refractivity (Wildman–Crippen MR) is 72.6 cm³/mol. The van der Waals surface area contributed by atoms with Gasteiger partial charge in [0.05, 0.1) is 0 Å². The van der Waals surface area contributed by atoms with Crippen LogP contribution in [0.2, 0.25) is 0 Å². The van der Waals surface area contributed by atoms with E-state index in [1.807, 2.05) is 13.1 Å². The lowest BCUT2D eigenvalue weighted by Crippen LogP contribution is -2.28. The molecule has 2 nitrogen and oxygen atoms in total. The van der Waals surface area contributed by atoms with Crippen LogP contribution in [0.25, 0.3) is 10.8 Å². The van der Waals surface area contributed by atoms with Crippen molar-refractivity contribution in [1.29, 1.82) is 0 Å². The van der Waals surface area contributed by atoms with Gasteiger partial charge in [-0.05, 0) is 36.4 Å². The summed E-state index contributed by atoms with van der Waals surface area (Å²) in [5.41, 5.74) is 0. The van der Waals surface area contributed by atoms with E-state index in [4.69, 9.17) is 4.74 Å². The van der Waals surface area contributed by atoms with Gasteiger partial charge < -0.3 is 10.1 Å². The van der Waals surface area contributed by atoms with Crippen LogP contribution in [0.3, 0.4) is 0 Å². The van der Waals surface area contributed by atoms with Gasteiger partial charge >= 0.3 is 0 Å². The molecule has 1 atom stereocenters. The van der Waals surface area contributed by atoms with E-state index in [-0.39, 0.29) is 6.10 Å². The van der Waals surface area contributed by atoms with Crippen molar-refractivity contribution < 1.29 is 4.74 Å². The molecule has 0 bridgehead atoms. The highest BCUT2D eigenvalue weighted by Gasteiger charge is 2.06. The van der Waals surface area contributed by atoms with E-state index in [1.54, 1.807) is 0 Å². The van der Waals surface area contributed by atoms with Crippen molar-refractivity contribution in [2.45, 2.75) is 19.4 Å². The van der Waals surface area contributed by atoms with Crippen molar-refractivity contribution in [1.82, 2.24) is 5.32 Å². The number of benzene rings is 2. The minimum Gasteiger partial charge on any atom is -0.489 e. The molecule has 0 amide bonds. The Bertz CT molecular complexity index is 481. The normalized spacial score (nSPS) is 12.6. The standard InChI is InChI=1S/C15H19NO/c1-3-14(11-16-2)17-15-9-8-12-6-4-5-7-13(12)10-15/h4-10,14,16H,3,11H2,1-2H3. The van der Waals surface area contributed by atoms with Crippen molar-refractivity contribution in [3.05, 3.63) is 42.5 Å². The van der Waals surface area contributed by atoms with Gasteiger partial charge in [-0.1, -0.05) is 37.3 Å². The summed E-state index contributed by atoms with van der Waals surface area (Å²) in [4.78, 5) is 0. The first-order valence-corrected chi connectivity index (χ1v) is 6.13. The van der Waals surface area contributed by atoms with E-state index < -0.39 is 0 Å². The zero-order valence-electron chi connectivity index (χ0n) is 10.4. The Balaban J connectivity index is 2.18. The quantitative estimate of drug-likeness (QED) is 0.850. The zero-order chi connectivity index (χ0) is 12.1. The molecule has 1 unspecified atom stereocenters. The highest BCUT2D eigenvalue weighted by Crippen LogP contribution is 2.21. The first-order valence-electron chi connectivity index (χ1n) is 6.13. The van der Waals surface area contributed by atoms with Crippen LogP contribution >= 0.6 is 0 Å². The average Bonchev–Trinajstić information content (AvgIpc) is 2.38. The summed E-state index contributed by atoms with van der Waals surface area (Å²) >= 11 is 0. The predicted octanol–water partition coefficient (Wildman–Crippen LogP) is 3.22. The second-order valence-corrected chi connectivity index (χ2v) is 4.21. The summed E-state index contributed by atoms with van der Waals surface area (Å²) in [6, 6.07) is 14.6. The van der Waals surface area contributed by atoms with E-state index in [0.29, 0.717) is 0 Å². The van der Waals surface area contributed by atoms with Gasteiger partial charge in [0, 0.05) is 6.54 Å². The van der Waals surface area contributed by atoms with Crippen LogP contribution in [-0.4, -0.2) is 19.7 Å². The topological polar surface area (TPSA) is 21.3 Å². The molecular formula is C15H19NO. The average molecular weight is 229 g/mol. The highest BCUT2D eigenvalue weighted by molar-refractivity contribution is 5.83. The zero-order valence-corrected chi connectivity index (χ0v) is 10.4. The largest absolute Gasteiger partial charge is 0.489 e. The number of likely N-dealkylation sites (N-methyl/N-ethyl adjacent to an activating group) is 1. The van der Waals surface area contributed by atoms with Gasteiger partial charge in [-0.25, -0.2) is 0 Å². The van der Waals surface area contributed by atoms with Crippen molar-refractivity contribution in [2.24, 2.45) is 0 Å². The maximum absolute atomic E-state index is 5.95. The third-order valence-corrected chi connectivity index (χ3v) is 2.91. The van der Waals surface area contributed by atoms with Crippen LogP contribution in [0, 0.1) is 0 Å². The molecule has 0 aromatic heterocycles. The molecule has 2 rings (SSSR count). The highest BCUT2D eigenvalue weighted by atomic mass is 16.5. The van der Waals surface area contributed by atoms with Crippen LogP contribution in [0.1, 0.15) is 13.3 Å². The fraction of sp³-hybridized carbons (Fsp3) is 0.333. The van der Waals surface area contributed by atoms with Crippen LogP contribution in [0.4, 0.5) is 0 Å². The van der Waals surface area contributed by atoms with Gasteiger partial charge in [0.25, 0.3) is 0 Å². The molecule has 2 aromatic rings. The van der Waals surface area contributed by atoms with Gasteiger partial charge in [-0.15, -0.1) is 0 Å². The maximum Gasteiger partial charge on any atom is 0.120 e. The molecule has 0 heterocycles. The summed E-state index contributed by atoms with van der Waals surface area (Å²) in [6.07, 6.45) is 1.24. The molecular weight excluding hydrogens is 210 g/mol. The van der Waals surface area contributed by atoms with Gasteiger partial charge in [-0.2, -0.15) is 0 Å². The number of fused-ring (bicyclic) bond motifs is 1. The summed E-state index contributed by atoms with van der Waals surface area (Å²) in [5, 5.41) is 5.63. The second kappa shape index (κ2) is 5.69. The van der Waals surface area contributed by atoms with Crippen molar-refractivity contribution in [3.8, 4) is 5.75 Å². The van der Waals surface area contributed by atoms with Crippen LogP contribution < -0.4 is 10.1 Å². The SMILES string of the molecule is CCC(CNC)Oc1ccc2ccccc2c1. The molecule has 1 N–H and O–H groups in total. The lowest BCUT2D eigenvalue weighted by molar-refractivity contribution is 0.197. The van der Waals surface area contributed by atoms with Gasteiger partial charge in [0.1, 0.15) is 11.9 Å². The molecule has 2 heteroatoms. The molecule has 0 aliphatic heterocycles. The fourth-order valence-electron chi connectivity index (χ4n) is 1.93. The third-order valence-electron chi connectivity index (χ3n) is 2.91. The molecule has 0 radical (unpaired) electrons. The molecule has 17 heavy (non-hydrogen) atoms. The van der Waals surface area contributed by atoms with Crippen LogP contribution in [-0.2, 0) is 0 Å². The maximum atomic E-state index is 5.95. The van der Waals surface area contributed by atoms with Crippen molar-refractivity contribution in [3.63, 3.8) is 0 Å². The number of nitrogens with one attached hydrogen (secondary N) is 1. The van der Waals surface area contributed by atoms with E-state index in [0.717, 1.165) is 18.7 Å². The second-order valence-electron chi connectivity index (χ2n) is 4.21. The Kier molecular flexibility index (Phi) is 3.99. The smallest absolute Gasteiger partial charge is 0.120 e. The van der Waals surface area contributed by atoms with Crippen molar-refractivity contribution >= 4 is 10.8 Å². The monoisotopic (exact) mass is 229 g/mol. The van der Waals surface area contributed by atoms with Gasteiger partial charge in [0.15, 0.2) is 0 Å². The Labute approximate surface area is 103 Å². The lowest BCUT2D eigenvalue weighted by atomic mass is 10.1. The molecule has 0 aliphatic rings. The van der Waals surface area contributed by atoms with E-state index in [2.05, 4.69) is 48.6 Å². The number of rotatable bonds is 5. The number of ether oxygens (including phenoxy) is 1. The fourth-order valence-corrected chi connectivity index (χ4v) is 1.93. The Morgan fingerprint density at radius 3 is 2.59 bits per heavy atom.